The van der Waals surface area contributed by atoms with E-state index in [-0.39, 0.29) is 5.69 Å². The lowest BCUT2D eigenvalue weighted by Gasteiger charge is -2.26. The number of aromatic nitrogens is 2. The zero-order valence-electron chi connectivity index (χ0n) is 13.5. The molecule has 0 unspecified atom stereocenters. The van der Waals surface area contributed by atoms with Crippen LogP contribution in [0.1, 0.15) is 35.4 Å². The molecular weight excluding hydrogens is 328 g/mol. The molecule has 1 fully saturated rings. The van der Waals surface area contributed by atoms with E-state index in [9.17, 15) is 9.59 Å². The summed E-state index contributed by atoms with van der Waals surface area (Å²) in [5.41, 5.74) is 3.49. The van der Waals surface area contributed by atoms with Crippen LogP contribution in [0.15, 0.2) is 35.1 Å². The van der Waals surface area contributed by atoms with Gasteiger partial charge in [-0.2, -0.15) is 5.10 Å². The van der Waals surface area contributed by atoms with Gasteiger partial charge >= 0.3 is 0 Å². The average molecular weight is 347 g/mol. The molecule has 0 bridgehead atoms. The van der Waals surface area contributed by atoms with Crippen LogP contribution in [0.4, 0.5) is 0 Å². The molecule has 1 aromatic carbocycles. The molecule has 0 atom stereocenters. The van der Waals surface area contributed by atoms with Crippen LogP contribution >= 0.6 is 11.6 Å². The van der Waals surface area contributed by atoms with Gasteiger partial charge in [-0.05, 0) is 31.9 Å². The molecule has 126 valence electrons. The molecule has 0 saturated carbocycles. The van der Waals surface area contributed by atoms with Gasteiger partial charge in [-0.3, -0.25) is 15.0 Å². The van der Waals surface area contributed by atoms with Gasteiger partial charge in [0.2, 0.25) is 5.43 Å². The van der Waals surface area contributed by atoms with E-state index in [0.717, 1.165) is 32.4 Å². The average Bonchev–Trinajstić information content (AvgIpc) is 2.57. The van der Waals surface area contributed by atoms with E-state index in [0.29, 0.717) is 16.4 Å². The van der Waals surface area contributed by atoms with Crippen LogP contribution in [0, 0.1) is 6.92 Å². The van der Waals surface area contributed by atoms with Crippen molar-refractivity contribution in [1.29, 1.82) is 0 Å². The number of halogens is 1. The highest BCUT2D eigenvalue weighted by atomic mass is 35.5. The molecule has 2 aromatic rings. The number of nitrogens with zero attached hydrogens (tertiary/aromatic N) is 3. The van der Waals surface area contributed by atoms with Gasteiger partial charge in [0.1, 0.15) is 0 Å². The first-order valence-corrected chi connectivity index (χ1v) is 8.36. The lowest BCUT2D eigenvalue weighted by atomic mass is 10.2. The van der Waals surface area contributed by atoms with Crippen molar-refractivity contribution in [3.8, 4) is 5.69 Å². The van der Waals surface area contributed by atoms with Gasteiger partial charge in [-0.25, -0.2) is 9.69 Å². The van der Waals surface area contributed by atoms with Crippen LogP contribution < -0.4 is 10.9 Å². The molecular formula is C17H19ClN4O2. The zero-order chi connectivity index (χ0) is 17.1. The number of amides is 1. The Hall–Kier alpha value is -2.18. The largest absolute Gasteiger partial charge is 0.290 e. The molecule has 24 heavy (non-hydrogen) atoms. The Bertz CT molecular complexity index is 812. The highest BCUT2D eigenvalue weighted by Crippen LogP contribution is 2.19. The van der Waals surface area contributed by atoms with Crippen molar-refractivity contribution in [2.24, 2.45) is 0 Å². The number of piperidine rings is 1. The van der Waals surface area contributed by atoms with Crippen molar-refractivity contribution < 1.29 is 4.79 Å². The van der Waals surface area contributed by atoms with Gasteiger partial charge in [-0.1, -0.05) is 30.2 Å². The Morgan fingerprint density at radius 1 is 1.21 bits per heavy atom. The van der Waals surface area contributed by atoms with E-state index < -0.39 is 11.3 Å². The summed E-state index contributed by atoms with van der Waals surface area (Å²) in [7, 11) is 0. The molecule has 0 aliphatic carbocycles. The fourth-order valence-electron chi connectivity index (χ4n) is 2.77. The Morgan fingerprint density at radius 2 is 1.92 bits per heavy atom. The van der Waals surface area contributed by atoms with Crippen molar-refractivity contribution in [3.63, 3.8) is 0 Å². The van der Waals surface area contributed by atoms with Gasteiger partial charge in [-0.15, -0.1) is 0 Å². The first kappa shape index (κ1) is 16.7. The maximum absolute atomic E-state index is 12.5. The molecule has 2 heterocycles. The van der Waals surface area contributed by atoms with Gasteiger partial charge in [0.25, 0.3) is 5.91 Å². The smallest absolute Gasteiger partial charge is 0.287 e. The summed E-state index contributed by atoms with van der Waals surface area (Å²) >= 11 is 6.21. The van der Waals surface area contributed by atoms with E-state index in [1.54, 1.807) is 19.1 Å². The molecule has 1 aliphatic rings. The minimum Gasteiger partial charge on any atom is -0.287 e. The Labute approximate surface area is 145 Å². The maximum atomic E-state index is 12.5. The first-order valence-electron chi connectivity index (χ1n) is 7.98. The topological polar surface area (TPSA) is 67.2 Å². The highest BCUT2D eigenvalue weighted by molar-refractivity contribution is 6.32. The van der Waals surface area contributed by atoms with Crippen LogP contribution in [0.5, 0.6) is 0 Å². The molecule has 0 radical (unpaired) electrons. The number of carbonyl (C=O) groups excluding carboxylic acids is 1. The summed E-state index contributed by atoms with van der Waals surface area (Å²) in [6.45, 7) is 3.33. The third-order valence-corrected chi connectivity index (χ3v) is 4.34. The molecule has 1 aliphatic heterocycles. The Morgan fingerprint density at radius 3 is 2.62 bits per heavy atom. The quantitative estimate of drug-likeness (QED) is 0.926. The summed E-state index contributed by atoms with van der Waals surface area (Å²) in [4.78, 5) is 24.7. The molecule has 1 saturated heterocycles. The summed E-state index contributed by atoms with van der Waals surface area (Å²) < 4.78 is 1.52. The first-order chi connectivity index (χ1) is 11.6. The minimum atomic E-state index is -0.484. The molecule has 6 nitrogen and oxygen atoms in total. The third-order valence-electron chi connectivity index (χ3n) is 4.02. The second-order valence-corrected chi connectivity index (χ2v) is 6.26. The number of hydrogen-bond donors (Lipinski definition) is 1. The number of para-hydroxylation sites is 1. The summed E-state index contributed by atoms with van der Waals surface area (Å²) in [6.07, 6.45) is 3.23. The standard InChI is InChI=1S/C17H19ClN4O2/c1-12-11-15(23)16(17(24)20-21-9-5-2-6-10-21)19-22(12)14-8-4-3-7-13(14)18/h3-4,7-8,11H,2,5-6,9-10H2,1H3,(H,20,24). The van der Waals surface area contributed by atoms with Crippen LogP contribution in [-0.4, -0.2) is 33.8 Å². The summed E-state index contributed by atoms with van der Waals surface area (Å²) in [6, 6.07) is 8.58. The molecule has 3 rings (SSSR count). The molecule has 1 amide bonds. The molecule has 1 aromatic heterocycles. The van der Waals surface area contributed by atoms with Crippen LogP contribution in [-0.2, 0) is 0 Å². The number of aryl methyl sites for hydroxylation is 1. The van der Waals surface area contributed by atoms with Crippen molar-refractivity contribution in [3.05, 3.63) is 57.0 Å². The van der Waals surface area contributed by atoms with E-state index in [1.807, 2.05) is 17.1 Å². The number of carbonyl (C=O) groups is 1. The second kappa shape index (κ2) is 7.15. The number of benzene rings is 1. The maximum Gasteiger partial charge on any atom is 0.290 e. The second-order valence-electron chi connectivity index (χ2n) is 5.85. The van der Waals surface area contributed by atoms with Crippen LogP contribution in [0.25, 0.3) is 5.69 Å². The monoisotopic (exact) mass is 346 g/mol. The predicted octanol–water partition coefficient (Wildman–Crippen LogP) is 2.33. The number of rotatable bonds is 3. The Kier molecular flexibility index (Phi) is 4.97. The van der Waals surface area contributed by atoms with Crippen LogP contribution in [0.2, 0.25) is 5.02 Å². The lowest BCUT2D eigenvalue weighted by Crippen LogP contribution is -2.46. The minimum absolute atomic E-state index is 0.133. The fraction of sp³-hybridized carbons (Fsp3) is 0.353. The van der Waals surface area contributed by atoms with Gasteiger partial charge < -0.3 is 0 Å². The number of hydrogen-bond acceptors (Lipinski definition) is 4. The third kappa shape index (κ3) is 3.49. The van der Waals surface area contributed by atoms with E-state index in [4.69, 9.17) is 11.6 Å². The van der Waals surface area contributed by atoms with Crippen molar-refractivity contribution >= 4 is 17.5 Å². The summed E-state index contributed by atoms with van der Waals surface area (Å²) in [5, 5.41) is 6.59. The van der Waals surface area contributed by atoms with E-state index >= 15 is 0 Å². The van der Waals surface area contributed by atoms with Gasteiger partial charge in [0.05, 0.1) is 10.7 Å². The molecule has 0 spiro atoms. The zero-order valence-corrected chi connectivity index (χ0v) is 14.2. The molecule has 7 heteroatoms. The fourth-order valence-corrected chi connectivity index (χ4v) is 2.99. The predicted molar refractivity (Wildman–Crippen MR) is 92.5 cm³/mol. The Balaban J connectivity index is 1.94. The van der Waals surface area contributed by atoms with Gasteiger partial charge in [0.15, 0.2) is 5.69 Å². The highest BCUT2D eigenvalue weighted by Gasteiger charge is 2.19. The van der Waals surface area contributed by atoms with Crippen LogP contribution in [0.3, 0.4) is 0 Å². The van der Waals surface area contributed by atoms with E-state index in [2.05, 4.69) is 10.5 Å². The number of nitrogens with one attached hydrogen (secondary N) is 1. The SMILES string of the molecule is Cc1cc(=O)c(C(=O)NN2CCCCC2)nn1-c1ccccc1Cl. The normalized spacial score (nSPS) is 15.2. The van der Waals surface area contributed by atoms with Crippen molar-refractivity contribution in [2.75, 3.05) is 13.1 Å². The summed E-state index contributed by atoms with van der Waals surface area (Å²) in [5.74, 6) is -0.484. The van der Waals surface area contributed by atoms with Crippen molar-refractivity contribution in [1.82, 2.24) is 20.2 Å². The van der Waals surface area contributed by atoms with Gasteiger partial charge in [0, 0.05) is 24.8 Å². The van der Waals surface area contributed by atoms with E-state index in [1.165, 1.54) is 10.7 Å². The lowest BCUT2D eigenvalue weighted by molar-refractivity contribution is 0.0741. The number of hydrazine groups is 1. The molecule has 1 N–H and O–H groups in total. The van der Waals surface area contributed by atoms with Crippen molar-refractivity contribution in [2.45, 2.75) is 26.2 Å².